The van der Waals surface area contributed by atoms with Crippen molar-refractivity contribution in [2.45, 2.75) is 120 Å². The maximum Gasteiger partial charge on any atom is 0.305 e. The first kappa shape index (κ1) is 25.3. The summed E-state index contributed by atoms with van der Waals surface area (Å²) >= 11 is 0. The number of esters is 1. The van der Waals surface area contributed by atoms with Crippen molar-refractivity contribution in [2.75, 3.05) is 7.11 Å². The Bertz CT molecular complexity index is 808. The van der Waals surface area contributed by atoms with Crippen LogP contribution in [0.1, 0.15) is 120 Å². The zero-order chi connectivity index (χ0) is 24.4. The Morgan fingerprint density at radius 2 is 1.70 bits per heavy atom. The van der Waals surface area contributed by atoms with E-state index in [1.165, 1.54) is 58.5 Å². The topological polar surface area (TPSA) is 26.3 Å². The zero-order valence-corrected chi connectivity index (χ0v) is 23.3. The molecule has 0 spiro atoms. The van der Waals surface area contributed by atoms with Gasteiger partial charge in [0, 0.05) is 6.42 Å². The van der Waals surface area contributed by atoms with Gasteiger partial charge in [-0.1, -0.05) is 67.0 Å². The van der Waals surface area contributed by atoms with Crippen LogP contribution in [-0.2, 0) is 9.53 Å². The molecule has 7 unspecified atom stereocenters. The highest BCUT2D eigenvalue weighted by Gasteiger charge is 2.65. The lowest BCUT2D eigenvalue weighted by Crippen LogP contribution is -2.61. The van der Waals surface area contributed by atoms with E-state index in [2.05, 4.69) is 61.5 Å². The predicted octanol–water partition coefficient (Wildman–Crippen LogP) is 8.60. The minimum absolute atomic E-state index is 0.0397. The van der Waals surface area contributed by atoms with Gasteiger partial charge in [-0.05, 0) is 109 Å². The maximum absolute atomic E-state index is 12.2. The molecular formula is C31H52O2. The molecule has 188 valence electrons. The number of hydrogen-bond acceptors (Lipinski definition) is 2. The lowest BCUT2D eigenvalue weighted by Gasteiger charge is -2.69. The lowest BCUT2D eigenvalue weighted by atomic mass is 9.35. The van der Waals surface area contributed by atoms with Crippen LogP contribution in [-0.4, -0.2) is 13.1 Å². The molecule has 0 bridgehead atoms. The molecule has 3 saturated carbocycles. The molecule has 7 atom stereocenters. The molecule has 2 nitrogen and oxygen atoms in total. The highest BCUT2D eigenvalue weighted by Crippen LogP contribution is 2.74. The smallest absolute Gasteiger partial charge is 0.305 e. The summed E-state index contributed by atoms with van der Waals surface area (Å²) in [6.45, 7) is 20.3. The van der Waals surface area contributed by atoms with E-state index in [1.54, 1.807) is 0 Å². The van der Waals surface area contributed by atoms with Gasteiger partial charge in [-0.3, -0.25) is 4.79 Å². The maximum atomic E-state index is 12.2. The molecule has 4 aliphatic carbocycles. The van der Waals surface area contributed by atoms with E-state index in [9.17, 15) is 4.79 Å². The molecule has 0 N–H and O–H groups in total. The highest BCUT2D eigenvalue weighted by atomic mass is 16.5. The third kappa shape index (κ3) is 3.76. The average Bonchev–Trinajstić information content (AvgIpc) is 2.73. The fourth-order valence-corrected chi connectivity index (χ4v) is 9.84. The third-order valence-corrected chi connectivity index (χ3v) is 12.3. The number of carbonyl (C=O) groups is 1. The molecule has 0 radical (unpaired) electrons. The first-order valence-electron chi connectivity index (χ1n) is 14.0. The molecule has 2 heteroatoms. The van der Waals surface area contributed by atoms with Gasteiger partial charge in [0.1, 0.15) is 0 Å². The first-order valence-corrected chi connectivity index (χ1v) is 14.0. The minimum atomic E-state index is -0.0397. The molecule has 0 amide bonds. The van der Waals surface area contributed by atoms with Gasteiger partial charge in [-0.25, -0.2) is 0 Å². The van der Waals surface area contributed by atoms with Crippen molar-refractivity contribution in [1.82, 2.24) is 0 Å². The quantitative estimate of drug-likeness (QED) is 0.313. The molecule has 33 heavy (non-hydrogen) atoms. The number of methoxy groups -OCH3 is 1. The van der Waals surface area contributed by atoms with Crippen LogP contribution in [0.2, 0.25) is 0 Å². The number of carbonyl (C=O) groups excluding carboxylic acids is 1. The summed E-state index contributed by atoms with van der Waals surface area (Å²) in [5, 5.41) is 0. The summed E-state index contributed by atoms with van der Waals surface area (Å²) in [5.74, 6) is 2.69. The SMILES string of the molecule is COC(=O)CCC1(C)C(C(C)C)CCC2(C)C1CC=C1C3CC(C)(C)CCC3(C)CCC12C. The Morgan fingerprint density at radius 3 is 2.33 bits per heavy atom. The van der Waals surface area contributed by atoms with Crippen LogP contribution < -0.4 is 0 Å². The van der Waals surface area contributed by atoms with Crippen molar-refractivity contribution in [3.05, 3.63) is 11.6 Å². The second-order valence-corrected chi connectivity index (χ2v) is 14.7. The molecular weight excluding hydrogens is 404 g/mol. The van der Waals surface area contributed by atoms with Crippen LogP contribution in [0.25, 0.3) is 0 Å². The van der Waals surface area contributed by atoms with Gasteiger partial charge in [0.15, 0.2) is 0 Å². The molecule has 0 aliphatic heterocycles. The number of fused-ring (bicyclic) bond motifs is 5. The Kier molecular flexibility index (Phi) is 6.23. The summed E-state index contributed by atoms with van der Waals surface area (Å²) in [5.41, 5.74) is 3.59. The molecule has 3 fully saturated rings. The largest absolute Gasteiger partial charge is 0.469 e. The van der Waals surface area contributed by atoms with Crippen LogP contribution in [0.3, 0.4) is 0 Å². The number of rotatable bonds is 4. The summed E-state index contributed by atoms with van der Waals surface area (Å²) in [7, 11) is 1.54. The van der Waals surface area contributed by atoms with E-state index >= 15 is 0 Å². The third-order valence-electron chi connectivity index (χ3n) is 12.3. The van der Waals surface area contributed by atoms with Gasteiger partial charge < -0.3 is 4.74 Å². The minimum Gasteiger partial charge on any atom is -0.469 e. The van der Waals surface area contributed by atoms with E-state index < -0.39 is 0 Å². The monoisotopic (exact) mass is 456 g/mol. The van der Waals surface area contributed by atoms with Gasteiger partial charge in [0.05, 0.1) is 7.11 Å². The van der Waals surface area contributed by atoms with Crippen LogP contribution in [0, 0.1) is 50.7 Å². The number of hydrogen-bond donors (Lipinski definition) is 0. The van der Waals surface area contributed by atoms with Gasteiger partial charge in [-0.2, -0.15) is 0 Å². The average molecular weight is 457 g/mol. The van der Waals surface area contributed by atoms with Gasteiger partial charge in [0.2, 0.25) is 0 Å². The predicted molar refractivity (Wildman–Crippen MR) is 138 cm³/mol. The molecule has 0 aromatic heterocycles. The fraction of sp³-hybridized carbons (Fsp3) is 0.903. The molecule has 0 aromatic rings. The van der Waals surface area contributed by atoms with Crippen molar-refractivity contribution < 1.29 is 9.53 Å². The summed E-state index contributed by atoms with van der Waals surface area (Å²) < 4.78 is 5.09. The van der Waals surface area contributed by atoms with Gasteiger partial charge >= 0.3 is 5.97 Å². The molecule has 4 aliphatic rings. The van der Waals surface area contributed by atoms with Crippen LogP contribution >= 0.6 is 0 Å². The second kappa shape index (κ2) is 8.12. The summed E-state index contributed by atoms with van der Waals surface area (Å²) in [6.07, 6.45) is 15.0. The number of ether oxygens (including phenoxy) is 1. The fourth-order valence-electron chi connectivity index (χ4n) is 9.84. The van der Waals surface area contributed by atoms with E-state index in [-0.39, 0.29) is 11.4 Å². The van der Waals surface area contributed by atoms with Gasteiger partial charge in [-0.15, -0.1) is 0 Å². The van der Waals surface area contributed by atoms with Crippen LogP contribution in [0.4, 0.5) is 0 Å². The zero-order valence-electron chi connectivity index (χ0n) is 23.3. The van der Waals surface area contributed by atoms with Gasteiger partial charge in [0.25, 0.3) is 0 Å². The normalized spacial score (nSPS) is 46.6. The molecule has 0 heterocycles. The van der Waals surface area contributed by atoms with Crippen LogP contribution in [0.5, 0.6) is 0 Å². The van der Waals surface area contributed by atoms with E-state index in [0.29, 0.717) is 45.8 Å². The van der Waals surface area contributed by atoms with E-state index in [0.717, 1.165) is 12.3 Å². The Balaban J connectivity index is 1.76. The highest BCUT2D eigenvalue weighted by molar-refractivity contribution is 5.69. The summed E-state index contributed by atoms with van der Waals surface area (Å²) in [6, 6.07) is 0. The van der Waals surface area contributed by atoms with Crippen molar-refractivity contribution >= 4 is 5.97 Å². The number of allylic oxidation sites excluding steroid dienone is 2. The molecule has 4 rings (SSSR count). The Morgan fingerprint density at radius 1 is 1.03 bits per heavy atom. The van der Waals surface area contributed by atoms with Crippen molar-refractivity contribution in [3.63, 3.8) is 0 Å². The Labute approximate surface area is 204 Å². The summed E-state index contributed by atoms with van der Waals surface area (Å²) in [4.78, 5) is 12.2. The molecule has 0 aromatic carbocycles. The van der Waals surface area contributed by atoms with E-state index in [1.807, 2.05) is 5.57 Å². The van der Waals surface area contributed by atoms with Crippen molar-refractivity contribution in [2.24, 2.45) is 50.7 Å². The van der Waals surface area contributed by atoms with Crippen molar-refractivity contribution in [3.8, 4) is 0 Å². The standard InChI is InChI=1S/C31H52O2/c1-21(2)22-12-15-31(8)25(29(22,6)14-13-26(32)33-9)11-10-23-24-20-27(3,4)16-17-28(24,5)18-19-30(23,31)7/h10,21-22,24-25H,11-20H2,1-9H3. The lowest BCUT2D eigenvalue weighted by molar-refractivity contribution is -0.159. The van der Waals surface area contributed by atoms with Crippen molar-refractivity contribution in [1.29, 1.82) is 0 Å². The van der Waals surface area contributed by atoms with Crippen LogP contribution in [0.15, 0.2) is 11.6 Å². The molecule has 0 saturated heterocycles. The van der Waals surface area contributed by atoms with E-state index in [4.69, 9.17) is 4.74 Å². The second-order valence-electron chi connectivity index (χ2n) is 14.7. The first-order chi connectivity index (χ1) is 15.2. The Hall–Kier alpha value is -0.790.